The lowest BCUT2D eigenvalue weighted by molar-refractivity contribution is 0.175. The zero-order chi connectivity index (χ0) is 12.3. The van der Waals surface area contributed by atoms with Gasteiger partial charge in [-0.05, 0) is 23.6 Å². The first-order valence-electron chi connectivity index (χ1n) is 5.25. The van der Waals surface area contributed by atoms with Crippen LogP contribution in [-0.2, 0) is 6.42 Å². The molecule has 1 heterocycles. The predicted octanol–water partition coefficient (Wildman–Crippen LogP) is 3.69. The lowest BCUT2D eigenvalue weighted by Crippen LogP contribution is -2.04. The molecule has 90 valence electrons. The molecule has 0 saturated heterocycles. The van der Waals surface area contributed by atoms with Crippen LogP contribution in [0.2, 0.25) is 5.02 Å². The van der Waals surface area contributed by atoms with Gasteiger partial charge >= 0.3 is 0 Å². The minimum absolute atomic E-state index is 0.536. The Balaban J connectivity index is 2.26. The van der Waals surface area contributed by atoms with Crippen LogP contribution in [0.3, 0.4) is 0 Å². The Hall–Kier alpha value is -1.03. The van der Waals surface area contributed by atoms with Crippen molar-refractivity contribution in [2.75, 3.05) is 7.11 Å². The lowest BCUT2D eigenvalue weighted by atomic mass is 10.0. The Kier molecular flexibility index (Phi) is 4.05. The van der Waals surface area contributed by atoms with Crippen LogP contribution < -0.4 is 4.74 Å². The highest BCUT2D eigenvalue weighted by Gasteiger charge is 2.17. The maximum Gasteiger partial charge on any atom is 0.126 e. The zero-order valence-electron chi connectivity index (χ0n) is 9.39. The molecule has 0 aliphatic heterocycles. The third kappa shape index (κ3) is 2.80. The molecule has 1 N–H and O–H groups in total. The summed E-state index contributed by atoms with van der Waals surface area (Å²) in [7, 11) is 1.58. The van der Waals surface area contributed by atoms with Crippen LogP contribution in [0.4, 0.5) is 0 Å². The average Bonchev–Trinajstić information content (AvgIpc) is 2.81. The number of ether oxygens (including phenoxy) is 1. The maximum absolute atomic E-state index is 10.2. The number of hydrogen-bond acceptors (Lipinski definition) is 3. The van der Waals surface area contributed by atoms with Gasteiger partial charge in [0.05, 0.1) is 18.2 Å². The summed E-state index contributed by atoms with van der Waals surface area (Å²) in [6.45, 7) is 0. The fourth-order valence-corrected chi connectivity index (χ4v) is 2.77. The third-order valence-electron chi connectivity index (χ3n) is 2.54. The lowest BCUT2D eigenvalue weighted by Gasteiger charge is -2.15. The van der Waals surface area contributed by atoms with Gasteiger partial charge in [0.25, 0.3) is 0 Å². The van der Waals surface area contributed by atoms with Crippen molar-refractivity contribution < 1.29 is 9.84 Å². The maximum atomic E-state index is 10.2. The van der Waals surface area contributed by atoms with Gasteiger partial charge in [0.2, 0.25) is 0 Å². The molecule has 2 aromatic rings. The number of halogens is 1. The Morgan fingerprint density at radius 1 is 1.35 bits per heavy atom. The van der Waals surface area contributed by atoms with Crippen LogP contribution in [0.1, 0.15) is 16.5 Å². The summed E-state index contributed by atoms with van der Waals surface area (Å²) in [5.74, 6) is 0.626. The molecular weight excluding hydrogens is 256 g/mol. The van der Waals surface area contributed by atoms with E-state index in [1.54, 1.807) is 30.6 Å². The van der Waals surface area contributed by atoms with Gasteiger partial charge in [-0.1, -0.05) is 23.7 Å². The fourth-order valence-electron chi connectivity index (χ4n) is 1.74. The number of aliphatic hydroxyl groups is 1. The highest BCUT2D eigenvalue weighted by molar-refractivity contribution is 7.09. The smallest absolute Gasteiger partial charge is 0.126 e. The molecule has 0 spiro atoms. The molecule has 1 atom stereocenters. The molecule has 1 unspecified atom stereocenters. The largest absolute Gasteiger partial charge is 0.496 e. The van der Waals surface area contributed by atoms with E-state index in [0.29, 0.717) is 22.8 Å². The molecule has 1 aromatic carbocycles. The number of rotatable bonds is 4. The van der Waals surface area contributed by atoms with Gasteiger partial charge in [0.1, 0.15) is 5.75 Å². The number of methoxy groups -OCH3 is 1. The highest BCUT2D eigenvalue weighted by atomic mass is 35.5. The van der Waals surface area contributed by atoms with Crippen molar-refractivity contribution in [2.24, 2.45) is 0 Å². The second-order valence-corrected chi connectivity index (χ2v) is 5.09. The summed E-state index contributed by atoms with van der Waals surface area (Å²) >= 11 is 7.73. The van der Waals surface area contributed by atoms with E-state index in [9.17, 15) is 5.11 Å². The predicted molar refractivity (Wildman–Crippen MR) is 71.0 cm³/mol. The number of benzene rings is 1. The topological polar surface area (TPSA) is 29.5 Å². The van der Waals surface area contributed by atoms with Crippen LogP contribution in [0.15, 0.2) is 35.7 Å². The van der Waals surface area contributed by atoms with E-state index >= 15 is 0 Å². The van der Waals surface area contributed by atoms with Crippen molar-refractivity contribution in [3.63, 3.8) is 0 Å². The van der Waals surface area contributed by atoms with Crippen molar-refractivity contribution in [3.8, 4) is 5.75 Å². The minimum atomic E-state index is -0.641. The monoisotopic (exact) mass is 268 g/mol. The molecule has 4 heteroatoms. The summed E-state index contributed by atoms with van der Waals surface area (Å²) in [6, 6.07) is 9.34. The van der Waals surface area contributed by atoms with Gasteiger partial charge in [-0.2, -0.15) is 0 Å². The Labute approximate surface area is 109 Å². The Bertz CT molecular complexity index is 482. The molecule has 2 rings (SSSR count). The third-order valence-corrected chi connectivity index (χ3v) is 3.77. The van der Waals surface area contributed by atoms with Gasteiger partial charge in [0.15, 0.2) is 0 Å². The molecule has 0 aliphatic rings. The second kappa shape index (κ2) is 5.54. The van der Waals surface area contributed by atoms with E-state index < -0.39 is 6.10 Å². The quantitative estimate of drug-likeness (QED) is 0.916. The van der Waals surface area contributed by atoms with Crippen molar-refractivity contribution in [2.45, 2.75) is 12.5 Å². The van der Waals surface area contributed by atoms with Gasteiger partial charge in [-0.15, -0.1) is 11.3 Å². The number of thiophene rings is 1. The van der Waals surface area contributed by atoms with E-state index in [-0.39, 0.29) is 0 Å². The molecule has 2 nitrogen and oxygen atoms in total. The SMILES string of the molecule is COc1cccc(Cl)c1C(O)Cc1cccs1. The van der Waals surface area contributed by atoms with Crippen molar-refractivity contribution in [1.82, 2.24) is 0 Å². The summed E-state index contributed by atoms with van der Waals surface area (Å²) in [5.41, 5.74) is 0.657. The summed E-state index contributed by atoms with van der Waals surface area (Å²) < 4.78 is 5.23. The molecule has 0 saturated carbocycles. The van der Waals surface area contributed by atoms with Crippen LogP contribution in [0.5, 0.6) is 5.75 Å². The molecule has 17 heavy (non-hydrogen) atoms. The zero-order valence-corrected chi connectivity index (χ0v) is 11.0. The van der Waals surface area contributed by atoms with Crippen LogP contribution in [0.25, 0.3) is 0 Å². The first-order chi connectivity index (χ1) is 8.22. The first-order valence-corrected chi connectivity index (χ1v) is 6.51. The molecule has 1 aromatic heterocycles. The molecule has 0 aliphatic carbocycles. The van der Waals surface area contributed by atoms with Crippen molar-refractivity contribution >= 4 is 22.9 Å². The summed E-state index contributed by atoms with van der Waals surface area (Å²) in [6.07, 6.45) is -0.0881. The Morgan fingerprint density at radius 3 is 2.82 bits per heavy atom. The Morgan fingerprint density at radius 2 is 2.18 bits per heavy atom. The number of aliphatic hydroxyl groups excluding tert-OH is 1. The van der Waals surface area contributed by atoms with Gasteiger partial charge in [0, 0.05) is 16.9 Å². The van der Waals surface area contributed by atoms with Gasteiger partial charge in [-0.25, -0.2) is 0 Å². The van der Waals surface area contributed by atoms with Crippen LogP contribution in [-0.4, -0.2) is 12.2 Å². The minimum Gasteiger partial charge on any atom is -0.496 e. The second-order valence-electron chi connectivity index (χ2n) is 3.66. The molecular formula is C13H13ClO2S. The van der Waals surface area contributed by atoms with E-state index in [4.69, 9.17) is 16.3 Å². The van der Waals surface area contributed by atoms with E-state index in [1.807, 2.05) is 23.6 Å². The van der Waals surface area contributed by atoms with E-state index in [2.05, 4.69) is 0 Å². The summed E-state index contributed by atoms with van der Waals surface area (Å²) in [5, 5.41) is 12.8. The number of hydrogen-bond donors (Lipinski definition) is 1. The highest BCUT2D eigenvalue weighted by Crippen LogP contribution is 2.34. The normalized spacial score (nSPS) is 12.4. The fraction of sp³-hybridized carbons (Fsp3) is 0.231. The molecule has 0 amide bonds. The van der Waals surface area contributed by atoms with Gasteiger partial charge < -0.3 is 9.84 Å². The summed E-state index contributed by atoms with van der Waals surface area (Å²) in [4.78, 5) is 1.12. The van der Waals surface area contributed by atoms with E-state index in [0.717, 1.165) is 4.88 Å². The van der Waals surface area contributed by atoms with Crippen molar-refractivity contribution in [3.05, 3.63) is 51.2 Å². The average molecular weight is 269 g/mol. The van der Waals surface area contributed by atoms with E-state index in [1.165, 1.54) is 0 Å². The first kappa shape index (κ1) is 12.4. The molecule has 0 bridgehead atoms. The van der Waals surface area contributed by atoms with Crippen molar-refractivity contribution in [1.29, 1.82) is 0 Å². The molecule has 0 fully saturated rings. The molecule has 0 radical (unpaired) electrons. The standard InChI is InChI=1S/C13H13ClO2S/c1-16-12-6-2-5-10(14)13(12)11(15)8-9-4-3-7-17-9/h2-7,11,15H,8H2,1H3. The van der Waals surface area contributed by atoms with Gasteiger partial charge in [-0.3, -0.25) is 0 Å². The van der Waals surface area contributed by atoms with Crippen LogP contribution >= 0.6 is 22.9 Å². The van der Waals surface area contributed by atoms with Crippen LogP contribution in [0, 0.1) is 0 Å².